The summed E-state index contributed by atoms with van der Waals surface area (Å²) in [5.41, 5.74) is 6.30. The molecule has 0 aliphatic carbocycles. The van der Waals surface area contributed by atoms with Crippen LogP contribution in [-0.4, -0.2) is 49.0 Å². The lowest BCUT2D eigenvalue weighted by molar-refractivity contribution is 0.601. The summed E-state index contributed by atoms with van der Waals surface area (Å²) in [6, 6.07) is 1.49. The van der Waals surface area contributed by atoms with Crippen molar-refractivity contribution in [2.75, 3.05) is 12.0 Å². The van der Waals surface area contributed by atoms with Crippen molar-refractivity contribution in [2.24, 2.45) is 0 Å². The van der Waals surface area contributed by atoms with E-state index < -0.39 is 20.6 Å². The average Bonchev–Trinajstić information content (AvgIpc) is 3.27. The van der Waals surface area contributed by atoms with Gasteiger partial charge < -0.3 is 0 Å². The number of aryl methyl sites for hydroxylation is 3. The first kappa shape index (κ1) is 21.6. The Kier molecular flexibility index (Phi) is 5.05. The lowest BCUT2D eigenvalue weighted by Gasteiger charge is -2.11. The zero-order valence-corrected chi connectivity index (χ0v) is 20.3. The Hall–Kier alpha value is -2.59. The predicted molar refractivity (Wildman–Crippen MR) is 121 cm³/mol. The van der Waals surface area contributed by atoms with Crippen LogP contribution in [0, 0.1) is 34.6 Å². The first-order valence-electron chi connectivity index (χ1n) is 9.90. The molecule has 4 rings (SSSR count). The molecule has 164 valence electrons. The van der Waals surface area contributed by atoms with E-state index >= 15 is 0 Å². The SMILES string of the molecule is CCS(=O)c1c2c(C)c(C)c(C)c(C)c2nn1-c1nc2cc(S(C)(=O)=O)cnn2c1C. The Morgan fingerprint density at radius 3 is 2.29 bits per heavy atom. The Bertz CT molecular complexity index is 1510. The fraction of sp³-hybridized carbons (Fsp3) is 0.381. The van der Waals surface area contributed by atoms with Gasteiger partial charge in [0.25, 0.3) is 0 Å². The molecule has 0 saturated heterocycles. The number of fused-ring (bicyclic) bond motifs is 2. The van der Waals surface area contributed by atoms with Crippen LogP contribution >= 0.6 is 0 Å². The molecule has 0 aliphatic heterocycles. The van der Waals surface area contributed by atoms with Crippen LogP contribution in [0.2, 0.25) is 0 Å². The van der Waals surface area contributed by atoms with Crippen molar-refractivity contribution >= 4 is 37.2 Å². The van der Waals surface area contributed by atoms with E-state index in [2.05, 4.69) is 23.9 Å². The highest BCUT2D eigenvalue weighted by molar-refractivity contribution is 7.90. The lowest BCUT2D eigenvalue weighted by Crippen LogP contribution is -2.08. The van der Waals surface area contributed by atoms with E-state index in [1.807, 2.05) is 27.7 Å². The highest BCUT2D eigenvalue weighted by atomic mass is 32.2. The van der Waals surface area contributed by atoms with Gasteiger partial charge in [-0.15, -0.1) is 0 Å². The normalized spacial score (nSPS) is 13.4. The molecule has 1 unspecified atom stereocenters. The molecule has 0 saturated carbocycles. The van der Waals surface area contributed by atoms with Crippen LogP contribution in [-0.2, 0) is 20.6 Å². The number of hydrogen-bond acceptors (Lipinski definition) is 6. The summed E-state index contributed by atoms with van der Waals surface area (Å²) in [5, 5.41) is 10.6. The second kappa shape index (κ2) is 7.23. The van der Waals surface area contributed by atoms with E-state index in [0.29, 0.717) is 27.9 Å². The van der Waals surface area contributed by atoms with E-state index in [9.17, 15) is 12.6 Å². The minimum Gasteiger partial charge on any atom is -0.253 e. The van der Waals surface area contributed by atoms with Gasteiger partial charge in [0.1, 0.15) is 5.03 Å². The number of imidazole rings is 1. The molecule has 0 aliphatic rings. The number of benzene rings is 1. The molecule has 1 atom stereocenters. The summed E-state index contributed by atoms with van der Waals surface area (Å²) < 4.78 is 40.3. The molecular formula is C21H25N5O3S2. The standard InChI is InChI=1S/C21H25N5O3S2/c1-8-30(27)21-18-13(4)11(2)12(3)14(5)19(18)24-26(21)20-15(6)25-17(23-20)9-16(10-22-25)31(7,28)29/h9-10H,8H2,1-7H3. The molecule has 10 heteroatoms. The van der Waals surface area contributed by atoms with Crippen LogP contribution in [0.5, 0.6) is 0 Å². The largest absolute Gasteiger partial charge is 0.253 e. The second-order valence-corrected chi connectivity index (χ2v) is 11.5. The van der Waals surface area contributed by atoms with Crippen LogP contribution in [0.25, 0.3) is 22.4 Å². The molecule has 31 heavy (non-hydrogen) atoms. The molecule has 0 radical (unpaired) electrons. The maximum atomic E-state index is 13.2. The first-order chi connectivity index (χ1) is 14.5. The van der Waals surface area contributed by atoms with Gasteiger partial charge in [-0.05, 0) is 56.9 Å². The molecule has 0 N–H and O–H groups in total. The van der Waals surface area contributed by atoms with Crippen LogP contribution in [0.15, 0.2) is 22.2 Å². The number of hydrogen-bond donors (Lipinski definition) is 0. The van der Waals surface area contributed by atoms with E-state index in [0.717, 1.165) is 39.4 Å². The van der Waals surface area contributed by atoms with Gasteiger partial charge in [0.15, 0.2) is 21.3 Å². The van der Waals surface area contributed by atoms with Crippen LogP contribution in [0.3, 0.4) is 0 Å². The summed E-state index contributed by atoms with van der Waals surface area (Å²) >= 11 is 0. The number of aromatic nitrogens is 5. The molecule has 4 aromatic rings. The van der Waals surface area contributed by atoms with Crippen molar-refractivity contribution in [1.82, 2.24) is 24.4 Å². The molecule has 3 heterocycles. The van der Waals surface area contributed by atoms with Crippen molar-refractivity contribution in [3.8, 4) is 5.82 Å². The summed E-state index contributed by atoms with van der Waals surface area (Å²) in [7, 11) is -4.71. The molecule has 1 aromatic carbocycles. The fourth-order valence-corrected chi connectivity index (χ4v) is 5.48. The van der Waals surface area contributed by atoms with Crippen molar-refractivity contribution in [2.45, 2.75) is 51.5 Å². The smallest absolute Gasteiger partial charge is 0.178 e. The van der Waals surface area contributed by atoms with Gasteiger partial charge in [0, 0.05) is 23.5 Å². The number of rotatable bonds is 4. The average molecular weight is 460 g/mol. The Morgan fingerprint density at radius 2 is 1.68 bits per heavy atom. The topological polar surface area (TPSA) is 99.2 Å². The van der Waals surface area contributed by atoms with Gasteiger partial charge >= 0.3 is 0 Å². The zero-order valence-electron chi connectivity index (χ0n) is 18.6. The van der Waals surface area contributed by atoms with Gasteiger partial charge in [0.2, 0.25) is 0 Å². The first-order valence-corrected chi connectivity index (χ1v) is 13.1. The quantitative estimate of drug-likeness (QED) is 0.465. The summed E-state index contributed by atoms with van der Waals surface area (Å²) in [6.45, 7) is 11.9. The van der Waals surface area contributed by atoms with Gasteiger partial charge in [-0.2, -0.15) is 10.2 Å². The van der Waals surface area contributed by atoms with E-state index in [4.69, 9.17) is 5.10 Å². The summed E-state index contributed by atoms with van der Waals surface area (Å²) in [5.74, 6) is 0.926. The van der Waals surface area contributed by atoms with Gasteiger partial charge in [0.05, 0.1) is 33.1 Å². The molecule has 0 fully saturated rings. The van der Waals surface area contributed by atoms with Crippen LogP contribution < -0.4 is 0 Å². The van der Waals surface area contributed by atoms with Gasteiger partial charge in [-0.25, -0.2) is 22.6 Å². The van der Waals surface area contributed by atoms with E-state index in [-0.39, 0.29) is 4.90 Å². The maximum Gasteiger partial charge on any atom is 0.178 e. The Balaban J connectivity index is 2.12. The molecule has 0 amide bonds. The van der Waals surface area contributed by atoms with Crippen molar-refractivity contribution < 1.29 is 12.6 Å². The third-order valence-electron chi connectivity index (χ3n) is 6.02. The molecular weight excluding hydrogens is 434 g/mol. The molecule has 0 bridgehead atoms. The van der Waals surface area contributed by atoms with Gasteiger partial charge in [-0.3, -0.25) is 4.21 Å². The Morgan fingerprint density at radius 1 is 1.03 bits per heavy atom. The summed E-state index contributed by atoms with van der Waals surface area (Å²) in [6.07, 6.45) is 2.45. The summed E-state index contributed by atoms with van der Waals surface area (Å²) in [4.78, 5) is 4.73. The number of sulfone groups is 1. The third kappa shape index (κ3) is 3.20. The van der Waals surface area contributed by atoms with Crippen molar-refractivity contribution in [3.63, 3.8) is 0 Å². The Labute approximate surface area is 183 Å². The van der Waals surface area contributed by atoms with E-state index in [1.165, 1.54) is 12.3 Å². The minimum atomic E-state index is -3.42. The zero-order chi connectivity index (χ0) is 22.8. The monoisotopic (exact) mass is 459 g/mol. The molecule has 8 nitrogen and oxygen atoms in total. The highest BCUT2D eigenvalue weighted by Gasteiger charge is 2.26. The van der Waals surface area contributed by atoms with Crippen molar-refractivity contribution in [3.05, 3.63) is 40.2 Å². The predicted octanol–water partition coefficient (Wildman–Crippen LogP) is 3.14. The number of nitrogens with zero attached hydrogens (tertiary/aromatic N) is 5. The van der Waals surface area contributed by atoms with Crippen LogP contribution in [0.4, 0.5) is 0 Å². The fourth-order valence-electron chi connectivity index (χ4n) is 3.85. The maximum absolute atomic E-state index is 13.2. The van der Waals surface area contributed by atoms with Gasteiger partial charge in [-0.1, -0.05) is 6.92 Å². The molecule has 3 aromatic heterocycles. The second-order valence-electron chi connectivity index (χ2n) is 7.83. The lowest BCUT2D eigenvalue weighted by atomic mass is 9.96. The minimum absolute atomic E-state index is 0.0949. The highest BCUT2D eigenvalue weighted by Crippen LogP contribution is 2.34. The van der Waals surface area contributed by atoms with Crippen LogP contribution in [0.1, 0.15) is 34.9 Å². The molecule has 0 spiro atoms. The van der Waals surface area contributed by atoms with E-state index in [1.54, 1.807) is 9.20 Å². The van der Waals surface area contributed by atoms with Crippen molar-refractivity contribution in [1.29, 1.82) is 0 Å². The third-order valence-corrected chi connectivity index (χ3v) is 8.43.